The fourth-order valence-electron chi connectivity index (χ4n) is 1.86. The molecule has 0 spiro atoms. The van der Waals surface area contributed by atoms with Crippen molar-refractivity contribution in [2.45, 2.75) is 20.8 Å². The number of hydrogen-bond donors (Lipinski definition) is 1. The van der Waals surface area contributed by atoms with Crippen LogP contribution in [0.5, 0.6) is 0 Å². The molecule has 1 N–H and O–H groups in total. The van der Waals surface area contributed by atoms with Gasteiger partial charge in [0.2, 0.25) is 0 Å². The number of fused-ring (bicyclic) bond motifs is 1. The van der Waals surface area contributed by atoms with Crippen molar-refractivity contribution in [2.75, 3.05) is 11.9 Å². The van der Waals surface area contributed by atoms with Crippen LogP contribution in [0.2, 0.25) is 0 Å². The average Bonchev–Trinajstić information content (AvgIpc) is 2.17. The Morgan fingerprint density at radius 1 is 1.36 bits per heavy atom. The highest BCUT2D eigenvalue weighted by atomic mass is 16.1. The monoisotopic (exact) mass is 189 g/mol. The van der Waals surface area contributed by atoms with Crippen LogP contribution in [0.4, 0.5) is 5.69 Å². The van der Waals surface area contributed by atoms with Crippen LogP contribution in [0.25, 0.3) is 0 Å². The van der Waals surface area contributed by atoms with Crippen molar-refractivity contribution < 1.29 is 4.79 Å². The van der Waals surface area contributed by atoms with E-state index in [4.69, 9.17) is 0 Å². The first-order valence-electron chi connectivity index (χ1n) is 4.99. The van der Waals surface area contributed by atoms with Crippen LogP contribution in [-0.2, 0) is 0 Å². The minimum Gasteiger partial charge on any atom is -0.384 e. The van der Waals surface area contributed by atoms with Crippen LogP contribution < -0.4 is 5.32 Å². The number of aryl methyl sites for hydroxylation is 1. The lowest BCUT2D eigenvalue weighted by Gasteiger charge is -2.24. The molecule has 0 bridgehead atoms. The van der Waals surface area contributed by atoms with E-state index in [1.807, 2.05) is 19.1 Å². The van der Waals surface area contributed by atoms with Gasteiger partial charge >= 0.3 is 0 Å². The van der Waals surface area contributed by atoms with Crippen molar-refractivity contribution in [3.63, 3.8) is 0 Å². The van der Waals surface area contributed by atoms with E-state index in [1.165, 1.54) is 11.1 Å². The lowest BCUT2D eigenvalue weighted by atomic mass is 9.90. The summed E-state index contributed by atoms with van der Waals surface area (Å²) >= 11 is 0. The Labute approximate surface area is 84.3 Å². The molecule has 74 valence electrons. The molecule has 0 saturated heterocycles. The molecule has 2 rings (SSSR count). The number of Topliss-reactive ketones (excluding diaryl/α,β-unsaturated/α-hetero) is 1. The van der Waals surface area contributed by atoms with Gasteiger partial charge in [-0.2, -0.15) is 0 Å². The van der Waals surface area contributed by atoms with Crippen LogP contribution in [0, 0.1) is 19.8 Å². The minimum absolute atomic E-state index is 0.101. The summed E-state index contributed by atoms with van der Waals surface area (Å²) < 4.78 is 0. The van der Waals surface area contributed by atoms with E-state index in [-0.39, 0.29) is 11.7 Å². The van der Waals surface area contributed by atoms with E-state index in [1.54, 1.807) is 0 Å². The number of hydrogen-bond acceptors (Lipinski definition) is 2. The van der Waals surface area contributed by atoms with Gasteiger partial charge in [0.25, 0.3) is 0 Å². The maximum absolute atomic E-state index is 11.8. The van der Waals surface area contributed by atoms with E-state index in [0.29, 0.717) is 0 Å². The molecule has 2 nitrogen and oxygen atoms in total. The standard InChI is InChI=1S/C12H15NO/c1-7-4-5-10-11(9(7)3)13-6-8(2)12(10)14/h4-5,8,13H,6H2,1-3H3. The molecule has 0 amide bonds. The molecule has 0 radical (unpaired) electrons. The number of carbonyl (C=O) groups excluding carboxylic acids is 1. The van der Waals surface area contributed by atoms with Gasteiger partial charge in [-0.25, -0.2) is 0 Å². The Morgan fingerprint density at radius 2 is 2.07 bits per heavy atom. The van der Waals surface area contributed by atoms with Gasteiger partial charge in [-0.1, -0.05) is 13.0 Å². The highest BCUT2D eigenvalue weighted by Crippen LogP contribution is 2.29. The van der Waals surface area contributed by atoms with Gasteiger partial charge in [0.1, 0.15) is 0 Å². The molecule has 0 aliphatic carbocycles. The number of carbonyl (C=O) groups is 1. The second-order valence-electron chi connectivity index (χ2n) is 4.08. The Hall–Kier alpha value is -1.31. The summed E-state index contributed by atoms with van der Waals surface area (Å²) in [6, 6.07) is 3.95. The SMILES string of the molecule is Cc1ccc2c(c1C)NCC(C)C2=O. The van der Waals surface area contributed by atoms with E-state index < -0.39 is 0 Å². The summed E-state index contributed by atoms with van der Waals surface area (Å²) in [6.07, 6.45) is 0. The largest absolute Gasteiger partial charge is 0.384 e. The number of benzene rings is 1. The molecule has 1 unspecified atom stereocenters. The molecule has 2 heteroatoms. The van der Waals surface area contributed by atoms with Crippen molar-refractivity contribution in [1.29, 1.82) is 0 Å². The third-order valence-corrected chi connectivity index (χ3v) is 3.03. The van der Waals surface area contributed by atoms with Crippen molar-refractivity contribution >= 4 is 11.5 Å². The zero-order valence-corrected chi connectivity index (χ0v) is 8.85. The van der Waals surface area contributed by atoms with Crippen molar-refractivity contribution in [2.24, 2.45) is 5.92 Å². The van der Waals surface area contributed by atoms with E-state index in [0.717, 1.165) is 17.8 Å². The predicted molar refractivity (Wildman–Crippen MR) is 57.9 cm³/mol. The van der Waals surface area contributed by atoms with Gasteiger partial charge in [0, 0.05) is 23.7 Å². The smallest absolute Gasteiger partial charge is 0.169 e. The molecule has 14 heavy (non-hydrogen) atoms. The van der Waals surface area contributed by atoms with Crippen LogP contribution >= 0.6 is 0 Å². The van der Waals surface area contributed by atoms with Crippen LogP contribution in [-0.4, -0.2) is 12.3 Å². The highest BCUT2D eigenvalue weighted by molar-refractivity contribution is 6.05. The van der Waals surface area contributed by atoms with Crippen molar-refractivity contribution in [3.05, 3.63) is 28.8 Å². The van der Waals surface area contributed by atoms with Crippen LogP contribution in [0.15, 0.2) is 12.1 Å². The first-order chi connectivity index (χ1) is 6.61. The Kier molecular flexibility index (Phi) is 2.06. The molecule has 1 aliphatic rings. The summed E-state index contributed by atoms with van der Waals surface area (Å²) in [4.78, 5) is 11.8. The van der Waals surface area contributed by atoms with Gasteiger partial charge in [-0.15, -0.1) is 0 Å². The van der Waals surface area contributed by atoms with Crippen LogP contribution in [0.1, 0.15) is 28.4 Å². The van der Waals surface area contributed by atoms with Crippen LogP contribution in [0.3, 0.4) is 0 Å². The molecule has 1 heterocycles. The second-order valence-corrected chi connectivity index (χ2v) is 4.08. The molecule has 1 aromatic carbocycles. The summed E-state index contributed by atoms with van der Waals surface area (Å²) in [5, 5.41) is 3.33. The number of nitrogens with one attached hydrogen (secondary N) is 1. The average molecular weight is 189 g/mol. The second kappa shape index (κ2) is 3.12. The summed E-state index contributed by atoms with van der Waals surface area (Å²) in [6.45, 7) is 6.85. The Bertz CT molecular complexity index is 396. The maximum Gasteiger partial charge on any atom is 0.169 e. The fraction of sp³-hybridized carbons (Fsp3) is 0.417. The number of ketones is 1. The highest BCUT2D eigenvalue weighted by Gasteiger charge is 2.24. The summed E-state index contributed by atoms with van der Waals surface area (Å²) in [5.41, 5.74) is 4.32. The van der Waals surface area contributed by atoms with Crippen molar-refractivity contribution in [3.8, 4) is 0 Å². The molecule has 0 saturated carbocycles. The number of rotatable bonds is 0. The minimum atomic E-state index is 0.101. The molecular weight excluding hydrogens is 174 g/mol. The molecule has 1 aliphatic heterocycles. The zero-order chi connectivity index (χ0) is 10.3. The van der Waals surface area contributed by atoms with Gasteiger partial charge in [0.05, 0.1) is 0 Å². The van der Waals surface area contributed by atoms with E-state index >= 15 is 0 Å². The maximum atomic E-state index is 11.8. The normalized spacial score (nSPS) is 20.2. The molecule has 1 atom stereocenters. The van der Waals surface area contributed by atoms with E-state index in [2.05, 4.69) is 19.2 Å². The lowest BCUT2D eigenvalue weighted by Crippen LogP contribution is -2.28. The molecule has 0 aromatic heterocycles. The Balaban J connectivity index is 2.59. The van der Waals surface area contributed by atoms with Gasteiger partial charge < -0.3 is 5.32 Å². The first kappa shape index (κ1) is 9.25. The van der Waals surface area contributed by atoms with Crippen molar-refractivity contribution in [1.82, 2.24) is 0 Å². The topological polar surface area (TPSA) is 29.1 Å². The zero-order valence-electron chi connectivity index (χ0n) is 8.85. The third kappa shape index (κ3) is 1.22. The molecule has 1 aromatic rings. The van der Waals surface area contributed by atoms with E-state index in [9.17, 15) is 4.79 Å². The molecule has 0 fully saturated rings. The fourth-order valence-corrected chi connectivity index (χ4v) is 1.86. The van der Waals surface area contributed by atoms with Gasteiger partial charge in [0.15, 0.2) is 5.78 Å². The summed E-state index contributed by atoms with van der Waals surface area (Å²) in [5.74, 6) is 0.367. The first-order valence-corrected chi connectivity index (χ1v) is 4.99. The number of anilines is 1. The Morgan fingerprint density at radius 3 is 2.79 bits per heavy atom. The quantitative estimate of drug-likeness (QED) is 0.679. The van der Waals surface area contributed by atoms with Gasteiger partial charge in [-0.3, -0.25) is 4.79 Å². The lowest BCUT2D eigenvalue weighted by molar-refractivity contribution is 0.0932. The van der Waals surface area contributed by atoms with Gasteiger partial charge in [-0.05, 0) is 31.0 Å². The third-order valence-electron chi connectivity index (χ3n) is 3.03. The summed E-state index contributed by atoms with van der Waals surface area (Å²) in [7, 11) is 0. The predicted octanol–water partition coefficient (Wildman–Crippen LogP) is 2.55. The molecular formula is C12H15NO.